The molecule has 5 heteroatoms. The van der Waals surface area contributed by atoms with Crippen LogP contribution in [0.15, 0.2) is 30.3 Å². The molecule has 0 heterocycles. The van der Waals surface area contributed by atoms with Crippen LogP contribution in [0.1, 0.15) is 63.0 Å². The van der Waals surface area contributed by atoms with Crippen LogP contribution in [-0.2, 0) is 6.42 Å². The van der Waals surface area contributed by atoms with Gasteiger partial charge in [0.25, 0.3) is 0 Å². The molecule has 0 aromatic heterocycles. The SMILES string of the molecule is CCCc1ccc(OCC2CCC(c3ccc(OCC)c(F)c3)CC2)c(F)c1F. The first-order chi connectivity index (χ1) is 14.0. The highest BCUT2D eigenvalue weighted by molar-refractivity contribution is 5.32. The molecule has 0 spiro atoms. The molecule has 1 aliphatic carbocycles. The Morgan fingerprint density at radius 1 is 0.862 bits per heavy atom. The zero-order chi connectivity index (χ0) is 20.8. The average molecular weight is 406 g/mol. The first-order valence-electron chi connectivity index (χ1n) is 10.5. The normalized spacial score (nSPS) is 19.2. The van der Waals surface area contributed by atoms with Gasteiger partial charge in [-0.15, -0.1) is 0 Å². The highest BCUT2D eigenvalue weighted by Gasteiger charge is 2.24. The molecule has 2 aromatic carbocycles. The monoisotopic (exact) mass is 406 g/mol. The van der Waals surface area contributed by atoms with Crippen molar-refractivity contribution in [2.45, 2.75) is 58.3 Å². The number of ether oxygens (including phenoxy) is 2. The van der Waals surface area contributed by atoms with Crippen LogP contribution in [0, 0.1) is 23.4 Å². The summed E-state index contributed by atoms with van der Waals surface area (Å²) in [5.74, 6) is -1.15. The van der Waals surface area contributed by atoms with Gasteiger partial charge < -0.3 is 9.47 Å². The number of hydrogen-bond acceptors (Lipinski definition) is 2. The van der Waals surface area contributed by atoms with Crippen LogP contribution in [-0.4, -0.2) is 13.2 Å². The molecule has 0 radical (unpaired) electrons. The van der Waals surface area contributed by atoms with Gasteiger partial charge in [0, 0.05) is 0 Å². The predicted molar refractivity (Wildman–Crippen MR) is 108 cm³/mol. The number of aryl methyl sites for hydroxylation is 1. The summed E-state index contributed by atoms with van der Waals surface area (Å²) in [4.78, 5) is 0. The molecular formula is C24H29F3O2. The van der Waals surface area contributed by atoms with Crippen molar-refractivity contribution >= 4 is 0 Å². The van der Waals surface area contributed by atoms with Gasteiger partial charge in [-0.2, -0.15) is 4.39 Å². The summed E-state index contributed by atoms with van der Waals surface area (Å²) in [6.07, 6.45) is 4.95. The van der Waals surface area contributed by atoms with Crippen LogP contribution in [0.5, 0.6) is 11.5 Å². The second-order valence-corrected chi connectivity index (χ2v) is 7.75. The number of hydrogen-bond donors (Lipinski definition) is 0. The van der Waals surface area contributed by atoms with Gasteiger partial charge in [-0.25, -0.2) is 8.78 Å². The maximum absolute atomic E-state index is 14.2. The fourth-order valence-corrected chi connectivity index (χ4v) is 4.06. The summed E-state index contributed by atoms with van der Waals surface area (Å²) >= 11 is 0. The maximum Gasteiger partial charge on any atom is 0.200 e. The zero-order valence-corrected chi connectivity index (χ0v) is 17.1. The topological polar surface area (TPSA) is 18.5 Å². The number of rotatable bonds is 8. The van der Waals surface area contributed by atoms with Gasteiger partial charge in [0.2, 0.25) is 5.82 Å². The molecule has 0 saturated heterocycles. The molecule has 0 unspecified atom stereocenters. The van der Waals surface area contributed by atoms with Crippen molar-refractivity contribution in [3.05, 3.63) is 58.9 Å². The molecule has 3 rings (SSSR count). The third-order valence-electron chi connectivity index (χ3n) is 5.69. The molecule has 29 heavy (non-hydrogen) atoms. The Bertz CT molecular complexity index is 814. The molecule has 0 N–H and O–H groups in total. The molecular weight excluding hydrogens is 377 g/mol. The van der Waals surface area contributed by atoms with Crippen molar-refractivity contribution in [2.24, 2.45) is 5.92 Å². The lowest BCUT2D eigenvalue weighted by Gasteiger charge is -2.29. The summed E-state index contributed by atoms with van der Waals surface area (Å²) in [5.41, 5.74) is 1.38. The van der Waals surface area contributed by atoms with Crippen LogP contribution in [0.2, 0.25) is 0 Å². The van der Waals surface area contributed by atoms with E-state index in [1.807, 2.05) is 19.9 Å². The third-order valence-corrected chi connectivity index (χ3v) is 5.69. The van der Waals surface area contributed by atoms with E-state index in [4.69, 9.17) is 9.47 Å². The van der Waals surface area contributed by atoms with E-state index in [1.165, 1.54) is 6.07 Å². The number of halogens is 3. The molecule has 0 atom stereocenters. The lowest BCUT2D eigenvalue weighted by Crippen LogP contribution is -2.20. The Hall–Kier alpha value is -2.17. The summed E-state index contributed by atoms with van der Waals surface area (Å²) in [6, 6.07) is 8.34. The van der Waals surface area contributed by atoms with Gasteiger partial charge in [-0.05, 0) is 80.2 Å². The molecule has 2 nitrogen and oxygen atoms in total. The van der Waals surface area contributed by atoms with Crippen molar-refractivity contribution in [3.63, 3.8) is 0 Å². The third kappa shape index (κ3) is 5.26. The van der Waals surface area contributed by atoms with E-state index in [1.54, 1.807) is 18.2 Å². The molecule has 158 valence electrons. The van der Waals surface area contributed by atoms with Gasteiger partial charge in [-0.3, -0.25) is 0 Å². The minimum absolute atomic E-state index is 0.0157. The van der Waals surface area contributed by atoms with Gasteiger partial charge in [-0.1, -0.05) is 25.5 Å². The van der Waals surface area contributed by atoms with E-state index in [0.717, 1.165) is 37.7 Å². The molecule has 1 fully saturated rings. The summed E-state index contributed by atoms with van der Waals surface area (Å²) in [6.45, 7) is 4.57. The van der Waals surface area contributed by atoms with Crippen molar-refractivity contribution in [2.75, 3.05) is 13.2 Å². The highest BCUT2D eigenvalue weighted by atomic mass is 19.2. The zero-order valence-electron chi connectivity index (χ0n) is 17.1. The molecule has 0 bridgehead atoms. The Morgan fingerprint density at radius 3 is 2.24 bits per heavy atom. The van der Waals surface area contributed by atoms with Crippen molar-refractivity contribution in [3.8, 4) is 11.5 Å². The quantitative estimate of drug-likeness (QED) is 0.479. The largest absolute Gasteiger partial charge is 0.491 e. The van der Waals surface area contributed by atoms with Gasteiger partial charge >= 0.3 is 0 Å². The van der Waals surface area contributed by atoms with Crippen LogP contribution in [0.4, 0.5) is 13.2 Å². The first-order valence-corrected chi connectivity index (χ1v) is 10.5. The lowest BCUT2D eigenvalue weighted by atomic mass is 9.79. The summed E-state index contributed by atoms with van der Waals surface area (Å²) in [5, 5.41) is 0. The fraction of sp³-hybridized carbons (Fsp3) is 0.500. The smallest absolute Gasteiger partial charge is 0.200 e. The second-order valence-electron chi connectivity index (χ2n) is 7.75. The van der Waals surface area contributed by atoms with E-state index in [-0.39, 0.29) is 23.2 Å². The van der Waals surface area contributed by atoms with E-state index in [9.17, 15) is 13.2 Å². The Kier molecular flexibility index (Phi) is 7.45. The molecule has 1 saturated carbocycles. The van der Waals surface area contributed by atoms with Gasteiger partial charge in [0.1, 0.15) is 0 Å². The van der Waals surface area contributed by atoms with Crippen molar-refractivity contribution in [1.82, 2.24) is 0 Å². The van der Waals surface area contributed by atoms with Crippen LogP contribution < -0.4 is 9.47 Å². The van der Waals surface area contributed by atoms with Crippen molar-refractivity contribution < 1.29 is 22.6 Å². The molecule has 0 aliphatic heterocycles. The molecule has 2 aromatic rings. The predicted octanol–water partition coefficient (Wildman–Crippen LogP) is 6.81. The average Bonchev–Trinajstić information content (AvgIpc) is 2.73. The fourth-order valence-electron chi connectivity index (χ4n) is 4.06. The molecule has 0 amide bonds. The Morgan fingerprint density at radius 2 is 1.59 bits per heavy atom. The summed E-state index contributed by atoms with van der Waals surface area (Å²) in [7, 11) is 0. The van der Waals surface area contributed by atoms with Crippen LogP contribution >= 0.6 is 0 Å². The van der Waals surface area contributed by atoms with Gasteiger partial charge in [0.05, 0.1) is 13.2 Å². The van der Waals surface area contributed by atoms with E-state index in [2.05, 4.69) is 0 Å². The van der Waals surface area contributed by atoms with E-state index < -0.39 is 11.6 Å². The first kappa shape index (κ1) is 21.5. The van der Waals surface area contributed by atoms with E-state index >= 15 is 0 Å². The van der Waals surface area contributed by atoms with Crippen LogP contribution in [0.3, 0.4) is 0 Å². The maximum atomic E-state index is 14.2. The van der Waals surface area contributed by atoms with Gasteiger partial charge in [0.15, 0.2) is 23.1 Å². The Labute approximate surface area is 171 Å². The highest BCUT2D eigenvalue weighted by Crippen LogP contribution is 2.37. The Balaban J connectivity index is 1.53. The van der Waals surface area contributed by atoms with Crippen molar-refractivity contribution in [1.29, 1.82) is 0 Å². The number of benzene rings is 2. The standard InChI is InChI=1S/C24H29F3O2/c1-3-5-18-10-13-22(24(27)23(18)26)29-15-16-6-8-17(9-7-16)19-11-12-21(28-4-2)20(25)14-19/h10-14,16-17H,3-9,15H2,1-2H3. The van der Waals surface area contributed by atoms with Crippen LogP contribution in [0.25, 0.3) is 0 Å². The molecule has 1 aliphatic rings. The second kappa shape index (κ2) is 10.0. The minimum atomic E-state index is -0.894. The van der Waals surface area contributed by atoms with E-state index in [0.29, 0.717) is 31.1 Å². The summed E-state index contributed by atoms with van der Waals surface area (Å²) < 4.78 is 53.2. The lowest BCUT2D eigenvalue weighted by molar-refractivity contribution is 0.192. The minimum Gasteiger partial charge on any atom is -0.491 e.